The zero-order chi connectivity index (χ0) is 38.7. The Hall–Kier alpha value is -4.53. The normalized spacial score (nSPS) is 13.3. The van der Waals surface area contributed by atoms with E-state index < -0.39 is 10.0 Å². The first-order chi connectivity index (χ1) is 25.5. The average Bonchev–Trinajstić information content (AvgIpc) is 3.61. The molecule has 13 nitrogen and oxygen atoms in total. The maximum absolute atomic E-state index is 14.2. The lowest BCUT2D eigenvalue weighted by atomic mass is 10.0. The van der Waals surface area contributed by atoms with Gasteiger partial charge in [0.1, 0.15) is 17.8 Å². The number of unbranched alkanes of at least 4 members (excludes halogenated alkanes) is 1. The number of benzene rings is 2. The molecule has 1 saturated heterocycles. The predicted octanol–water partition coefficient (Wildman–Crippen LogP) is 6.49. The number of ether oxygens (including phenoxy) is 2. The van der Waals surface area contributed by atoms with Gasteiger partial charge in [0, 0.05) is 60.7 Å². The monoisotopic (exact) mass is 751 g/mol. The summed E-state index contributed by atoms with van der Waals surface area (Å²) in [5.41, 5.74) is 2.53. The van der Waals surface area contributed by atoms with E-state index in [1.165, 1.54) is 12.3 Å². The lowest BCUT2D eigenvalue weighted by molar-refractivity contribution is -0.132. The van der Waals surface area contributed by atoms with E-state index in [4.69, 9.17) is 19.0 Å². The number of hydrogen-bond acceptors (Lipinski definition) is 10. The second-order valence-electron chi connectivity index (χ2n) is 12.9. The molecule has 0 saturated carbocycles. The number of hydrogen-bond donors (Lipinski definition) is 1. The quantitative estimate of drug-likeness (QED) is 0.133. The highest BCUT2D eigenvalue weighted by molar-refractivity contribution is 7.92. The lowest BCUT2D eigenvalue weighted by Gasteiger charge is -2.31. The van der Waals surface area contributed by atoms with Gasteiger partial charge < -0.3 is 18.9 Å². The Bertz CT molecular complexity index is 2000. The van der Waals surface area contributed by atoms with Crippen LogP contribution < -0.4 is 14.8 Å². The second-order valence-corrected chi connectivity index (χ2v) is 14.6. The van der Waals surface area contributed by atoms with Crippen molar-refractivity contribution in [2.45, 2.75) is 104 Å². The first kappa shape index (κ1) is 41.2. The summed E-state index contributed by atoms with van der Waals surface area (Å²) in [5, 5.41) is 14.4. The minimum atomic E-state index is -4.49. The van der Waals surface area contributed by atoms with Gasteiger partial charge in [-0.1, -0.05) is 69.6 Å². The molecular weight excluding hydrogens is 699 g/mol. The number of carbonyl (C=O) groups excluding carboxylic acids is 1. The van der Waals surface area contributed by atoms with Crippen molar-refractivity contribution in [2.24, 2.45) is 0 Å². The first-order valence-electron chi connectivity index (χ1n) is 18.4. The van der Waals surface area contributed by atoms with Crippen LogP contribution in [-0.2, 0) is 38.9 Å². The Morgan fingerprint density at radius 2 is 1.77 bits per heavy atom. The summed E-state index contributed by atoms with van der Waals surface area (Å²) in [6, 6.07) is 11.8. The van der Waals surface area contributed by atoms with Crippen molar-refractivity contribution in [3.05, 3.63) is 87.3 Å². The fraction of sp³-hybridized carbons (Fsp3) is 0.487. The van der Waals surface area contributed by atoms with Gasteiger partial charge in [0.2, 0.25) is 11.7 Å². The van der Waals surface area contributed by atoms with Crippen molar-refractivity contribution in [1.82, 2.24) is 19.6 Å². The molecule has 1 aliphatic heterocycles. The number of carbonyl (C=O) groups is 1. The van der Waals surface area contributed by atoms with Crippen molar-refractivity contribution >= 4 is 21.7 Å². The molecule has 0 radical (unpaired) electrons. The highest BCUT2D eigenvalue weighted by Gasteiger charge is 2.31. The van der Waals surface area contributed by atoms with Crippen LogP contribution in [-0.4, -0.2) is 72.1 Å². The van der Waals surface area contributed by atoms with E-state index in [1.807, 2.05) is 26.8 Å². The molecule has 0 bridgehead atoms. The average molecular weight is 752 g/mol. The molecule has 5 rings (SSSR count). The van der Waals surface area contributed by atoms with E-state index in [0.717, 1.165) is 31.2 Å². The summed E-state index contributed by atoms with van der Waals surface area (Å²) in [4.78, 5) is 34.0. The van der Waals surface area contributed by atoms with Gasteiger partial charge in [0.15, 0.2) is 0 Å². The molecule has 1 amide bonds. The molecule has 0 unspecified atom stereocenters. The Balaban J connectivity index is 0.00000308. The molecule has 0 aliphatic carbocycles. The Morgan fingerprint density at radius 3 is 2.43 bits per heavy atom. The van der Waals surface area contributed by atoms with Crippen molar-refractivity contribution in [3.8, 4) is 16.9 Å². The number of amides is 1. The third-order valence-electron chi connectivity index (χ3n) is 9.20. The van der Waals surface area contributed by atoms with E-state index >= 15 is 0 Å². The number of aryl methyl sites for hydroxylation is 3. The summed E-state index contributed by atoms with van der Waals surface area (Å²) in [7, 11) is -2.71. The van der Waals surface area contributed by atoms with Crippen molar-refractivity contribution < 1.29 is 32.4 Å². The van der Waals surface area contributed by atoms with Crippen molar-refractivity contribution in [2.75, 3.05) is 31.3 Å². The Kier molecular flexibility index (Phi) is 14.8. The van der Waals surface area contributed by atoms with Crippen molar-refractivity contribution in [3.63, 3.8) is 0 Å². The molecule has 2 aromatic carbocycles. The number of anilines is 1. The van der Waals surface area contributed by atoms with E-state index in [2.05, 4.69) is 12.1 Å². The number of sulfonamides is 1. The predicted molar refractivity (Wildman–Crippen MR) is 203 cm³/mol. The van der Waals surface area contributed by atoms with Crippen LogP contribution in [0.25, 0.3) is 11.1 Å². The standard InChI is InChI=1S/C37H47N5O8S.C2H6/c1-6-8-13-34-38-26(4)31(22-35(43)40(5)28-16-19-48-20-17-28)37(44)41(34)23-27-14-15-29(32(21-27)49-18-7-2)30-11-9-10-12-33(30)51(46,47)42(45)36-25(3)24-50-39-36;1-2/h9-12,14-15,21,24,28,45H,6-8,13,16-20,22-23H2,1-5H3;1-2H3. The molecule has 288 valence electrons. The summed E-state index contributed by atoms with van der Waals surface area (Å²) >= 11 is 0. The summed E-state index contributed by atoms with van der Waals surface area (Å²) < 4.78 is 45.7. The summed E-state index contributed by atoms with van der Waals surface area (Å²) in [6.45, 7) is 13.1. The van der Waals surface area contributed by atoms with Crippen LogP contribution in [0.1, 0.15) is 88.0 Å². The third kappa shape index (κ3) is 9.53. The molecule has 0 spiro atoms. The fourth-order valence-corrected chi connectivity index (χ4v) is 7.49. The lowest BCUT2D eigenvalue weighted by Crippen LogP contribution is -2.42. The maximum atomic E-state index is 14.2. The van der Waals surface area contributed by atoms with Gasteiger partial charge in [-0.15, -0.1) is 4.47 Å². The summed E-state index contributed by atoms with van der Waals surface area (Å²) in [5.74, 6) is 0.673. The second kappa shape index (κ2) is 19.0. The number of aromatic nitrogens is 3. The zero-order valence-corrected chi connectivity index (χ0v) is 32.7. The van der Waals surface area contributed by atoms with Crippen LogP contribution in [0, 0.1) is 13.8 Å². The SMILES string of the molecule is CC.CCCCc1nc(C)c(CC(=O)N(C)C2CCOCC2)c(=O)n1Cc1ccc(-c2ccccc2S(=O)(=O)N(O)c2nocc2C)c(OCCC)c1. The fourth-order valence-electron chi connectivity index (χ4n) is 6.19. The van der Waals surface area contributed by atoms with Gasteiger partial charge in [-0.25, -0.2) is 4.98 Å². The molecule has 0 atom stereocenters. The van der Waals surface area contributed by atoms with Crippen LogP contribution >= 0.6 is 0 Å². The number of nitrogens with zero attached hydrogens (tertiary/aromatic N) is 5. The number of rotatable bonds is 15. The van der Waals surface area contributed by atoms with E-state index in [1.54, 1.807) is 60.7 Å². The molecule has 2 aromatic heterocycles. The molecule has 3 heterocycles. The molecule has 1 N–H and O–H groups in total. The minimum Gasteiger partial charge on any atom is -0.493 e. The van der Waals surface area contributed by atoms with Gasteiger partial charge in [-0.3, -0.25) is 19.4 Å². The highest BCUT2D eigenvalue weighted by Crippen LogP contribution is 2.37. The number of likely N-dealkylation sites (N-methyl/N-ethyl adjacent to an activating group) is 1. The van der Waals surface area contributed by atoms with Gasteiger partial charge in [-0.05, 0) is 57.2 Å². The highest BCUT2D eigenvalue weighted by atomic mass is 32.2. The molecular formula is C39H53N5O8S. The maximum Gasteiger partial charge on any atom is 0.288 e. The van der Waals surface area contributed by atoms with E-state index in [-0.39, 0.29) is 45.7 Å². The van der Waals surface area contributed by atoms with Gasteiger partial charge in [0.05, 0.1) is 24.5 Å². The van der Waals surface area contributed by atoms with Gasteiger partial charge in [-0.2, -0.15) is 8.42 Å². The largest absolute Gasteiger partial charge is 0.493 e. The van der Waals surface area contributed by atoms with Crippen LogP contribution in [0.15, 0.2) is 62.9 Å². The van der Waals surface area contributed by atoms with E-state index in [9.17, 15) is 23.2 Å². The molecule has 14 heteroatoms. The molecule has 1 aliphatic rings. The van der Waals surface area contributed by atoms with Gasteiger partial charge >= 0.3 is 0 Å². The third-order valence-corrected chi connectivity index (χ3v) is 10.7. The van der Waals surface area contributed by atoms with Gasteiger partial charge in [0.25, 0.3) is 15.6 Å². The Labute approximate surface area is 312 Å². The van der Waals surface area contributed by atoms with Crippen LogP contribution in [0.5, 0.6) is 5.75 Å². The smallest absolute Gasteiger partial charge is 0.288 e. The Morgan fingerprint density at radius 1 is 1.06 bits per heavy atom. The first-order valence-corrected chi connectivity index (χ1v) is 19.8. The van der Waals surface area contributed by atoms with Crippen LogP contribution in [0.4, 0.5) is 5.82 Å². The van der Waals surface area contributed by atoms with Crippen LogP contribution in [0.3, 0.4) is 0 Å². The zero-order valence-electron chi connectivity index (χ0n) is 31.9. The van der Waals surface area contributed by atoms with Crippen LogP contribution in [0.2, 0.25) is 0 Å². The topological polar surface area (TPSA) is 157 Å². The van der Waals surface area contributed by atoms with E-state index in [0.29, 0.717) is 72.2 Å². The molecule has 1 fully saturated rings. The molecule has 53 heavy (non-hydrogen) atoms. The molecule has 4 aromatic rings. The van der Waals surface area contributed by atoms with Crippen molar-refractivity contribution in [1.29, 1.82) is 0 Å². The summed E-state index contributed by atoms with van der Waals surface area (Å²) in [6.07, 6.45) is 5.74. The minimum absolute atomic E-state index is 0.0512.